The third kappa shape index (κ3) is 6.02. The lowest BCUT2D eigenvalue weighted by atomic mass is 10.0. The van der Waals surface area contributed by atoms with Gasteiger partial charge in [-0.3, -0.25) is 4.79 Å². The molecule has 0 saturated carbocycles. The molecule has 0 unspecified atom stereocenters. The second kappa shape index (κ2) is 9.45. The van der Waals surface area contributed by atoms with E-state index in [4.69, 9.17) is 4.42 Å². The summed E-state index contributed by atoms with van der Waals surface area (Å²) in [5, 5.41) is 2.80. The zero-order valence-electron chi connectivity index (χ0n) is 18.0. The van der Waals surface area contributed by atoms with E-state index in [0.717, 1.165) is 11.1 Å². The normalized spacial score (nSPS) is 12.7. The van der Waals surface area contributed by atoms with Gasteiger partial charge in [0.05, 0.1) is 11.1 Å². The van der Waals surface area contributed by atoms with E-state index in [1.165, 1.54) is 12.1 Å². The number of anilines is 1. The minimum absolute atomic E-state index is 0.119. The molecule has 0 fully saturated rings. The molecule has 3 aromatic rings. The fraction of sp³-hybridized carbons (Fsp3) is 0.304. The number of rotatable bonds is 8. The van der Waals surface area contributed by atoms with Gasteiger partial charge < -0.3 is 9.73 Å². The highest BCUT2D eigenvalue weighted by Crippen LogP contribution is 2.22. The Morgan fingerprint density at radius 3 is 2.23 bits per heavy atom. The lowest BCUT2D eigenvalue weighted by Gasteiger charge is -2.20. The monoisotopic (exact) mass is 441 g/mol. The van der Waals surface area contributed by atoms with Gasteiger partial charge >= 0.3 is 0 Å². The first kappa shape index (κ1) is 22.7. The Morgan fingerprint density at radius 2 is 1.68 bits per heavy atom. The summed E-state index contributed by atoms with van der Waals surface area (Å²) in [7, 11) is -3.83. The number of oxazole rings is 1. The molecule has 3 rings (SSSR count). The van der Waals surface area contributed by atoms with Crippen LogP contribution in [-0.2, 0) is 14.8 Å². The number of carbonyl (C=O) groups excluding carboxylic acids is 1. The number of nitrogens with one attached hydrogen (secondary N) is 2. The molecule has 0 spiro atoms. The molecule has 0 bridgehead atoms. The van der Waals surface area contributed by atoms with Crippen molar-refractivity contribution in [2.24, 2.45) is 5.92 Å². The largest absolute Gasteiger partial charge is 0.441 e. The van der Waals surface area contributed by atoms with Crippen LogP contribution in [0.4, 0.5) is 5.69 Å². The molecule has 0 saturated heterocycles. The first-order chi connectivity index (χ1) is 14.6. The lowest BCUT2D eigenvalue weighted by Crippen LogP contribution is -2.44. The van der Waals surface area contributed by atoms with E-state index in [1.54, 1.807) is 37.4 Å². The van der Waals surface area contributed by atoms with Crippen LogP contribution in [0.5, 0.6) is 0 Å². The van der Waals surface area contributed by atoms with E-state index in [0.29, 0.717) is 23.8 Å². The fourth-order valence-electron chi connectivity index (χ4n) is 3.09. The molecule has 164 valence electrons. The predicted molar refractivity (Wildman–Crippen MR) is 120 cm³/mol. The van der Waals surface area contributed by atoms with Crippen molar-refractivity contribution in [1.82, 2.24) is 9.71 Å². The molecule has 1 atom stereocenters. The van der Waals surface area contributed by atoms with Crippen molar-refractivity contribution in [3.8, 4) is 11.3 Å². The number of sulfonamides is 1. The molecule has 0 aliphatic heterocycles. The standard InChI is InChI=1S/C23H27N3O4S/c1-15(2)13-21(26-31(28,29)20-11-5-16(3)6-12-20)23(27)25-19-9-7-18(8-10-19)22-14-24-17(4)30-22/h5-12,14-15,21,26H,13H2,1-4H3,(H,25,27)/t21-/m1/s1. The van der Waals surface area contributed by atoms with Crippen LogP contribution in [0.3, 0.4) is 0 Å². The minimum Gasteiger partial charge on any atom is -0.441 e. The number of benzene rings is 2. The molecule has 7 nitrogen and oxygen atoms in total. The zero-order chi connectivity index (χ0) is 22.6. The van der Waals surface area contributed by atoms with Gasteiger partial charge in [0.15, 0.2) is 11.7 Å². The highest BCUT2D eigenvalue weighted by molar-refractivity contribution is 7.89. The number of hydrogen-bond acceptors (Lipinski definition) is 5. The maximum Gasteiger partial charge on any atom is 0.242 e. The summed E-state index contributed by atoms with van der Waals surface area (Å²) in [6, 6.07) is 12.7. The van der Waals surface area contributed by atoms with Crippen molar-refractivity contribution in [3.05, 3.63) is 66.2 Å². The van der Waals surface area contributed by atoms with E-state index >= 15 is 0 Å². The molecule has 0 aliphatic rings. The van der Waals surface area contributed by atoms with Gasteiger partial charge in [-0.1, -0.05) is 31.5 Å². The van der Waals surface area contributed by atoms with Crippen LogP contribution < -0.4 is 10.0 Å². The summed E-state index contributed by atoms with van der Waals surface area (Å²) in [5.74, 6) is 0.921. The van der Waals surface area contributed by atoms with Crippen LogP contribution >= 0.6 is 0 Å². The van der Waals surface area contributed by atoms with Crippen LogP contribution in [0, 0.1) is 19.8 Å². The molecule has 0 radical (unpaired) electrons. The van der Waals surface area contributed by atoms with Crippen LogP contribution in [0.15, 0.2) is 64.0 Å². The van der Waals surface area contributed by atoms with Gasteiger partial charge in [0.1, 0.15) is 6.04 Å². The van der Waals surface area contributed by atoms with Crippen molar-refractivity contribution >= 4 is 21.6 Å². The van der Waals surface area contributed by atoms with Crippen LogP contribution in [0.1, 0.15) is 31.7 Å². The first-order valence-corrected chi connectivity index (χ1v) is 11.5. The molecule has 31 heavy (non-hydrogen) atoms. The summed E-state index contributed by atoms with van der Waals surface area (Å²) in [6.45, 7) is 7.53. The maximum atomic E-state index is 12.9. The summed E-state index contributed by atoms with van der Waals surface area (Å²) >= 11 is 0. The highest BCUT2D eigenvalue weighted by atomic mass is 32.2. The number of nitrogens with zero attached hydrogens (tertiary/aromatic N) is 1. The average molecular weight is 442 g/mol. The first-order valence-electron chi connectivity index (χ1n) is 10.1. The Hall–Kier alpha value is -2.97. The van der Waals surface area contributed by atoms with E-state index < -0.39 is 22.0 Å². The van der Waals surface area contributed by atoms with Gasteiger partial charge in [-0.15, -0.1) is 0 Å². The van der Waals surface area contributed by atoms with E-state index in [2.05, 4.69) is 15.0 Å². The Labute approximate surface area is 183 Å². The van der Waals surface area contributed by atoms with Crippen molar-refractivity contribution in [2.45, 2.75) is 45.1 Å². The minimum atomic E-state index is -3.83. The Morgan fingerprint density at radius 1 is 1.03 bits per heavy atom. The summed E-state index contributed by atoms with van der Waals surface area (Å²) in [6.07, 6.45) is 2.01. The van der Waals surface area contributed by atoms with E-state index in [1.807, 2.05) is 32.9 Å². The highest BCUT2D eigenvalue weighted by Gasteiger charge is 2.26. The fourth-order valence-corrected chi connectivity index (χ4v) is 4.30. The van der Waals surface area contributed by atoms with Crippen LogP contribution in [0.2, 0.25) is 0 Å². The Bertz CT molecular complexity index is 1130. The smallest absolute Gasteiger partial charge is 0.242 e. The van der Waals surface area contributed by atoms with Crippen molar-refractivity contribution < 1.29 is 17.6 Å². The molecular formula is C23H27N3O4S. The summed E-state index contributed by atoms with van der Waals surface area (Å²) in [4.78, 5) is 17.1. The molecule has 1 heterocycles. The summed E-state index contributed by atoms with van der Waals surface area (Å²) in [5.41, 5.74) is 2.35. The second-order valence-corrected chi connectivity index (χ2v) is 9.64. The van der Waals surface area contributed by atoms with Crippen molar-refractivity contribution in [3.63, 3.8) is 0 Å². The molecule has 8 heteroatoms. The second-order valence-electron chi connectivity index (χ2n) is 7.93. The van der Waals surface area contributed by atoms with Gasteiger partial charge in [-0.25, -0.2) is 13.4 Å². The number of hydrogen-bond donors (Lipinski definition) is 2. The number of aromatic nitrogens is 1. The molecule has 0 aliphatic carbocycles. The van der Waals surface area contributed by atoms with Gasteiger partial charge in [0.2, 0.25) is 15.9 Å². The molecule has 1 amide bonds. The van der Waals surface area contributed by atoms with Gasteiger partial charge in [0.25, 0.3) is 0 Å². The third-order valence-corrected chi connectivity index (χ3v) is 6.20. The average Bonchev–Trinajstić information content (AvgIpc) is 3.14. The van der Waals surface area contributed by atoms with Crippen LogP contribution in [-0.4, -0.2) is 25.4 Å². The van der Waals surface area contributed by atoms with Crippen molar-refractivity contribution in [1.29, 1.82) is 0 Å². The van der Waals surface area contributed by atoms with Gasteiger partial charge in [0, 0.05) is 18.2 Å². The molecule has 1 aromatic heterocycles. The quantitative estimate of drug-likeness (QED) is 0.543. The maximum absolute atomic E-state index is 12.9. The van der Waals surface area contributed by atoms with Crippen molar-refractivity contribution in [2.75, 3.05) is 5.32 Å². The molecule has 2 N–H and O–H groups in total. The predicted octanol–water partition coefficient (Wildman–Crippen LogP) is 4.29. The van der Waals surface area contributed by atoms with E-state index in [-0.39, 0.29) is 10.8 Å². The lowest BCUT2D eigenvalue weighted by molar-refractivity contribution is -0.118. The zero-order valence-corrected chi connectivity index (χ0v) is 18.9. The Kier molecular flexibility index (Phi) is 6.92. The number of aryl methyl sites for hydroxylation is 2. The number of amides is 1. The SMILES string of the molecule is Cc1ccc(S(=O)(=O)N[C@H](CC(C)C)C(=O)Nc2ccc(-c3cnc(C)o3)cc2)cc1. The van der Waals surface area contributed by atoms with Gasteiger partial charge in [-0.05, 0) is 55.7 Å². The summed E-state index contributed by atoms with van der Waals surface area (Å²) < 4.78 is 33.6. The Balaban J connectivity index is 1.74. The van der Waals surface area contributed by atoms with Crippen LogP contribution in [0.25, 0.3) is 11.3 Å². The number of carbonyl (C=O) groups is 1. The molecular weight excluding hydrogens is 414 g/mol. The van der Waals surface area contributed by atoms with E-state index in [9.17, 15) is 13.2 Å². The third-order valence-electron chi connectivity index (χ3n) is 4.71. The molecule has 2 aromatic carbocycles. The van der Waals surface area contributed by atoms with Gasteiger partial charge in [-0.2, -0.15) is 4.72 Å². The topological polar surface area (TPSA) is 101 Å².